The highest BCUT2D eigenvalue weighted by molar-refractivity contribution is 7.21. The minimum absolute atomic E-state index is 0.0451. The van der Waals surface area contributed by atoms with E-state index in [1.807, 2.05) is 19.1 Å². The molecule has 0 bridgehead atoms. The lowest BCUT2D eigenvalue weighted by atomic mass is 9.92. The molecule has 43 heavy (non-hydrogen) atoms. The Morgan fingerprint density at radius 1 is 1.09 bits per heavy atom. The van der Waals surface area contributed by atoms with Crippen LogP contribution in [-0.4, -0.2) is 63.2 Å². The van der Waals surface area contributed by atoms with Crippen LogP contribution in [0.5, 0.6) is 17.5 Å². The molecular formula is C29H25ClFN5O6S. The van der Waals surface area contributed by atoms with Gasteiger partial charge < -0.3 is 24.1 Å². The van der Waals surface area contributed by atoms with E-state index in [-0.39, 0.29) is 25.0 Å². The van der Waals surface area contributed by atoms with Crippen LogP contribution in [-0.2, 0) is 4.74 Å². The molecule has 3 aromatic heterocycles. The molecule has 222 valence electrons. The number of hydrogen-bond donors (Lipinski definition) is 2. The number of benzene rings is 2. The number of amides is 1. The molecule has 0 unspecified atom stereocenters. The zero-order valence-corrected chi connectivity index (χ0v) is 24.3. The number of nitrogens with one attached hydrogen (secondary N) is 1. The molecule has 2 atom stereocenters. The van der Waals surface area contributed by atoms with Crippen LogP contribution < -0.4 is 19.5 Å². The van der Waals surface area contributed by atoms with E-state index in [1.165, 1.54) is 29.8 Å². The van der Waals surface area contributed by atoms with Gasteiger partial charge in [-0.25, -0.2) is 24.1 Å². The van der Waals surface area contributed by atoms with E-state index in [2.05, 4.69) is 25.3 Å². The summed E-state index contributed by atoms with van der Waals surface area (Å²) in [7, 11) is 0. The summed E-state index contributed by atoms with van der Waals surface area (Å²) in [6.45, 7) is 2.30. The Hall–Kier alpha value is -4.33. The number of pyridine rings is 1. The molecule has 1 amide bonds. The number of carbonyl (C=O) groups excluding carboxylic acids is 1. The van der Waals surface area contributed by atoms with Gasteiger partial charge in [0.2, 0.25) is 0 Å². The molecule has 2 N–H and O–H groups in total. The van der Waals surface area contributed by atoms with Crippen molar-refractivity contribution in [3.8, 4) is 28.1 Å². The maximum atomic E-state index is 15.1. The van der Waals surface area contributed by atoms with Crippen molar-refractivity contribution in [2.75, 3.05) is 25.1 Å². The fourth-order valence-electron chi connectivity index (χ4n) is 4.49. The molecule has 3 heterocycles. The average molecular weight is 626 g/mol. The Labute approximate surface area is 253 Å². The van der Waals surface area contributed by atoms with Crippen LogP contribution in [0.25, 0.3) is 31.7 Å². The number of thiazole rings is 1. The van der Waals surface area contributed by atoms with Gasteiger partial charge in [0.25, 0.3) is 0 Å². The highest BCUT2D eigenvalue weighted by atomic mass is 35.5. The third-order valence-electron chi connectivity index (χ3n) is 6.59. The number of carbonyl (C=O) groups is 1. The van der Waals surface area contributed by atoms with Gasteiger partial charge in [-0.05, 0) is 38.0 Å². The predicted octanol–water partition coefficient (Wildman–Crippen LogP) is 6.02. The zero-order valence-electron chi connectivity index (χ0n) is 22.8. The minimum Gasteiger partial charge on any atom is -0.492 e. The second kappa shape index (κ2) is 12.5. The van der Waals surface area contributed by atoms with Crippen molar-refractivity contribution in [3.05, 3.63) is 59.8 Å². The van der Waals surface area contributed by atoms with E-state index in [1.54, 1.807) is 18.3 Å². The highest BCUT2D eigenvalue weighted by Gasteiger charge is 2.37. The molecule has 1 aliphatic rings. The number of nitrogens with zero attached hydrogens (tertiary/aromatic N) is 4. The molecular weight excluding hydrogens is 601 g/mol. The normalized spacial score (nSPS) is 16.1. The summed E-state index contributed by atoms with van der Waals surface area (Å²) < 4.78 is 37.9. The average Bonchev–Trinajstić information content (AvgIpc) is 3.39. The number of fused-ring (bicyclic) bond motifs is 2. The number of ether oxygens (including phenoxy) is 4. The van der Waals surface area contributed by atoms with Crippen molar-refractivity contribution in [2.45, 2.75) is 32.0 Å². The number of aliphatic hydroxyl groups is 1. The first-order chi connectivity index (χ1) is 20.9. The first-order valence-electron chi connectivity index (χ1n) is 13.4. The number of rotatable bonds is 10. The fraction of sp³-hybridized carbons (Fsp3) is 0.276. The highest BCUT2D eigenvalue weighted by Crippen LogP contribution is 2.39. The summed E-state index contributed by atoms with van der Waals surface area (Å²) in [4.78, 5) is 29.5. The lowest BCUT2D eigenvalue weighted by Crippen LogP contribution is -2.45. The summed E-state index contributed by atoms with van der Waals surface area (Å²) in [5.41, 5.74) is 2.20. The van der Waals surface area contributed by atoms with Gasteiger partial charge in [0, 0.05) is 28.1 Å². The first-order valence-corrected chi connectivity index (χ1v) is 14.6. The fourth-order valence-corrected chi connectivity index (χ4v) is 5.71. The Kier molecular flexibility index (Phi) is 8.36. The summed E-state index contributed by atoms with van der Waals surface area (Å²) >= 11 is 7.78. The van der Waals surface area contributed by atoms with Crippen LogP contribution in [0.4, 0.5) is 14.9 Å². The van der Waals surface area contributed by atoms with Crippen molar-refractivity contribution < 1.29 is 33.2 Å². The third kappa shape index (κ3) is 6.38. The third-order valence-corrected chi connectivity index (χ3v) is 7.86. The summed E-state index contributed by atoms with van der Waals surface area (Å²) in [5, 5.41) is 13.3. The molecule has 1 saturated carbocycles. The minimum atomic E-state index is -0.718. The Morgan fingerprint density at radius 3 is 2.65 bits per heavy atom. The molecule has 6 rings (SSSR count). The van der Waals surface area contributed by atoms with Gasteiger partial charge in [0.1, 0.15) is 29.6 Å². The van der Waals surface area contributed by atoms with Crippen LogP contribution >= 0.6 is 22.9 Å². The van der Waals surface area contributed by atoms with Crippen molar-refractivity contribution in [3.63, 3.8) is 0 Å². The van der Waals surface area contributed by atoms with Crippen LogP contribution in [0.15, 0.2) is 48.9 Å². The second-order valence-electron chi connectivity index (χ2n) is 9.53. The molecule has 0 spiro atoms. The van der Waals surface area contributed by atoms with Crippen LogP contribution in [0.2, 0.25) is 5.02 Å². The van der Waals surface area contributed by atoms with E-state index in [0.29, 0.717) is 56.6 Å². The molecule has 2 aromatic carbocycles. The van der Waals surface area contributed by atoms with E-state index >= 15 is 4.39 Å². The van der Waals surface area contributed by atoms with Gasteiger partial charge >= 0.3 is 12.1 Å². The van der Waals surface area contributed by atoms with E-state index < -0.39 is 24.1 Å². The smallest absolute Gasteiger partial charge is 0.412 e. The largest absolute Gasteiger partial charge is 0.492 e. The van der Waals surface area contributed by atoms with Crippen molar-refractivity contribution in [1.29, 1.82) is 0 Å². The Morgan fingerprint density at radius 2 is 1.91 bits per heavy atom. The van der Waals surface area contributed by atoms with Gasteiger partial charge in [-0.2, -0.15) is 0 Å². The standard InChI is InChI=1S/C29H25ClFN5O6S/c1-2-39-18-8-15-7-16(30)9-19(26(15)32-14-18)27-36-21-10-20(31)24(11-25(21)43-27)41-22-3-4-23(22)42-29(38)35-17-12-33-28(34-13-17)40-6-5-37/h7-14,22-23,37H,2-6H2,1H3,(H,35,38)/t22-,23+/m1/s1. The van der Waals surface area contributed by atoms with Crippen LogP contribution in [0, 0.1) is 5.82 Å². The van der Waals surface area contributed by atoms with E-state index in [9.17, 15) is 4.79 Å². The van der Waals surface area contributed by atoms with Crippen molar-refractivity contribution in [1.82, 2.24) is 19.9 Å². The molecule has 1 aliphatic carbocycles. The van der Waals surface area contributed by atoms with Gasteiger partial charge in [0.15, 0.2) is 11.6 Å². The quantitative estimate of drug-likeness (QED) is 0.189. The van der Waals surface area contributed by atoms with E-state index in [0.717, 1.165) is 10.9 Å². The summed E-state index contributed by atoms with van der Waals surface area (Å²) in [6, 6.07) is 8.47. The summed E-state index contributed by atoms with van der Waals surface area (Å²) in [6.07, 6.45) is 3.71. The SMILES string of the molecule is CCOc1cnc2c(-c3nc4cc(F)c(O[C@@H]5CC[C@@H]5OC(=O)Nc5cnc(OCCO)nc5)cc4s3)cc(Cl)cc2c1. The lowest BCUT2D eigenvalue weighted by Gasteiger charge is -2.35. The van der Waals surface area contributed by atoms with Gasteiger partial charge in [-0.3, -0.25) is 10.3 Å². The van der Waals surface area contributed by atoms with Crippen molar-refractivity contribution in [2.24, 2.45) is 0 Å². The Balaban J connectivity index is 1.15. The maximum Gasteiger partial charge on any atom is 0.412 e. The number of anilines is 1. The molecule has 5 aromatic rings. The Bertz CT molecular complexity index is 1790. The predicted molar refractivity (Wildman–Crippen MR) is 159 cm³/mol. The zero-order chi connectivity index (χ0) is 29.9. The summed E-state index contributed by atoms with van der Waals surface area (Å²) in [5.74, 6) is 0.111. The van der Waals surface area contributed by atoms with Crippen LogP contribution in [0.1, 0.15) is 19.8 Å². The number of aromatic nitrogens is 4. The topological polar surface area (TPSA) is 138 Å². The van der Waals surface area contributed by atoms with Gasteiger partial charge in [-0.15, -0.1) is 11.3 Å². The molecule has 0 radical (unpaired) electrons. The monoisotopic (exact) mass is 625 g/mol. The number of aliphatic hydroxyl groups excluding tert-OH is 1. The molecule has 1 fully saturated rings. The molecule has 0 saturated heterocycles. The van der Waals surface area contributed by atoms with Crippen molar-refractivity contribution >= 4 is 55.8 Å². The molecule has 0 aliphatic heterocycles. The molecule has 14 heteroatoms. The van der Waals surface area contributed by atoms with Crippen LogP contribution in [0.3, 0.4) is 0 Å². The van der Waals surface area contributed by atoms with E-state index in [4.69, 9.17) is 35.7 Å². The molecule has 11 nitrogen and oxygen atoms in total. The van der Waals surface area contributed by atoms with Gasteiger partial charge in [-0.1, -0.05) is 11.6 Å². The lowest BCUT2D eigenvalue weighted by molar-refractivity contribution is -0.0431. The number of hydrogen-bond acceptors (Lipinski definition) is 11. The number of halogens is 2. The maximum absolute atomic E-state index is 15.1. The van der Waals surface area contributed by atoms with Gasteiger partial charge in [0.05, 0.1) is 53.2 Å². The first kappa shape index (κ1) is 28.8. The second-order valence-corrected chi connectivity index (χ2v) is 11.0.